The topological polar surface area (TPSA) is 26.3 Å². The van der Waals surface area contributed by atoms with E-state index in [4.69, 9.17) is 4.74 Å². The van der Waals surface area contributed by atoms with E-state index in [-0.39, 0.29) is 5.97 Å². The Morgan fingerprint density at radius 1 is 1.19 bits per heavy atom. The van der Waals surface area contributed by atoms with Crippen molar-refractivity contribution in [1.29, 1.82) is 0 Å². The van der Waals surface area contributed by atoms with E-state index in [0.717, 1.165) is 6.42 Å². The Balaban J connectivity index is 1.80. The van der Waals surface area contributed by atoms with Gasteiger partial charge in [0.1, 0.15) is 5.75 Å². The van der Waals surface area contributed by atoms with Gasteiger partial charge in [0.2, 0.25) is 0 Å². The first kappa shape index (κ1) is 16.1. The van der Waals surface area contributed by atoms with Crippen molar-refractivity contribution in [3.05, 3.63) is 29.8 Å². The van der Waals surface area contributed by atoms with Crippen LogP contribution in [-0.4, -0.2) is 5.97 Å². The molecule has 0 aliphatic heterocycles. The van der Waals surface area contributed by atoms with Crippen LogP contribution in [0.2, 0.25) is 0 Å². The quantitative estimate of drug-likeness (QED) is 0.387. The van der Waals surface area contributed by atoms with Gasteiger partial charge in [0, 0.05) is 6.42 Å². The number of esters is 1. The number of hydrogen-bond donors (Lipinski definition) is 0. The molecule has 1 fully saturated rings. The summed E-state index contributed by atoms with van der Waals surface area (Å²) < 4.78 is 5.53. The zero-order valence-electron chi connectivity index (χ0n) is 13.3. The van der Waals surface area contributed by atoms with Gasteiger partial charge in [0.15, 0.2) is 0 Å². The first-order chi connectivity index (χ1) is 10.3. The van der Waals surface area contributed by atoms with Crippen LogP contribution in [0.3, 0.4) is 0 Å². The van der Waals surface area contributed by atoms with Gasteiger partial charge in [-0.05, 0) is 49.3 Å². The summed E-state index contributed by atoms with van der Waals surface area (Å²) in [5, 5.41) is 0. The second-order valence-corrected chi connectivity index (χ2v) is 6.29. The van der Waals surface area contributed by atoms with Crippen LogP contribution in [0.4, 0.5) is 0 Å². The fourth-order valence-corrected chi connectivity index (χ4v) is 3.14. The Kier molecular flexibility index (Phi) is 6.78. The molecule has 1 aliphatic carbocycles. The Labute approximate surface area is 128 Å². The summed E-state index contributed by atoms with van der Waals surface area (Å²) in [4.78, 5) is 12.0. The highest BCUT2D eigenvalue weighted by molar-refractivity contribution is 5.72. The Hall–Kier alpha value is -1.31. The summed E-state index contributed by atoms with van der Waals surface area (Å²) in [5.74, 6) is 1.19. The zero-order chi connectivity index (χ0) is 14.9. The van der Waals surface area contributed by atoms with Gasteiger partial charge >= 0.3 is 5.97 Å². The Morgan fingerprint density at radius 3 is 2.76 bits per heavy atom. The van der Waals surface area contributed by atoms with Gasteiger partial charge in [-0.15, -0.1) is 0 Å². The number of benzene rings is 1. The van der Waals surface area contributed by atoms with Crippen molar-refractivity contribution in [2.24, 2.45) is 5.92 Å². The summed E-state index contributed by atoms with van der Waals surface area (Å²) in [5.41, 5.74) is 1.27. The normalized spacial score (nSPS) is 15.9. The third-order valence-corrected chi connectivity index (χ3v) is 4.38. The van der Waals surface area contributed by atoms with E-state index in [1.54, 1.807) is 0 Å². The SMILES string of the molecule is CCCCCc1cccc(OC(=O)CC2CCCCC2)c1. The van der Waals surface area contributed by atoms with E-state index < -0.39 is 0 Å². The van der Waals surface area contributed by atoms with E-state index in [2.05, 4.69) is 13.0 Å². The van der Waals surface area contributed by atoms with E-state index >= 15 is 0 Å². The maximum absolute atomic E-state index is 12.0. The predicted octanol–water partition coefficient (Wildman–Crippen LogP) is 5.30. The van der Waals surface area contributed by atoms with Gasteiger partial charge < -0.3 is 4.74 Å². The summed E-state index contributed by atoms with van der Waals surface area (Å²) in [7, 11) is 0. The second-order valence-electron chi connectivity index (χ2n) is 6.29. The number of carbonyl (C=O) groups is 1. The van der Waals surface area contributed by atoms with E-state index in [1.807, 2.05) is 18.2 Å². The second kappa shape index (κ2) is 8.86. The van der Waals surface area contributed by atoms with Crippen molar-refractivity contribution < 1.29 is 9.53 Å². The highest BCUT2D eigenvalue weighted by Gasteiger charge is 2.18. The van der Waals surface area contributed by atoms with Crippen molar-refractivity contribution in [2.45, 2.75) is 71.1 Å². The van der Waals surface area contributed by atoms with Gasteiger partial charge in [-0.2, -0.15) is 0 Å². The molecule has 0 N–H and O–H groups in total. The molecule has 0 spiro atoms. The molecule has 1 aliphatic rings. The van der Waals surface area contributed by atoms with Crippen molar-refractivity contribution >= 4 is 5.97 Å². The molecule has 0 heterocycles. The molecule has 0 unspecified atom stereocenters. The van der Waals surface area contributed by atoms with Crippen LogP contribution in [0.1, 0.15) is 70.3 Å². The summed E-state index contributed by atoms with van der Waals surface area (Å²) in [6.07, 6.45) is 11.6. The minimum Gasteiger partial charge on any atom is -0.427 e. The first-order valence-electron chi connectivity index (χ1n) is 8.57. The highest BCUT2D eigenvalue weighted by Crippen LogP contribution is 2.27. The third-order valence-electron chi connectivity index (χ3n) is 4.38. The van der Waals surface area contributed by atoms with E-state index in [1.165, 1.54) is 56.9 Å². The van der Waals surface area contributed by atoms with Crippen LogP contribution in [0.25, 0.3) is 0 Å². The van der Waals surface area contributed by atoms with Crippen LogP contribution in [0, 0.1) is 5.92 Å². The predicted molar refractivity (Wildman–Crippen MR) is 86.5 cm³/mol. The van der Waals surface area contributed by atoms with E-state index in [9.17, 15) is 4.79 Å². The highest BCUT2D eigenvalue weighted by atomic mass is 16.5. The average Bonchev–Trinajstić information content (AvgIpc) is 2.49. The molecule has 2 nitrogen and oxygen atoms in total. The molecular weight excluding hydrogens is 260 g/mol. The number of unbranched alkanes of at least 4 members (excludes halogenated alkanes) is 2. The number of hydrogen-bond acceptors (Lipinski definition) is 2. The molecule has 2 rings (SSSR count). The molecule has 0 amide bonds. The van der Waals surface area contributed by atoms with Gasteiger partial charge in [0.25, 0.3) is 0 Å². The fourth-order valence-electron chi connectivity index (χ4n) is 3.14. The number of aryl methyl sites for hydroxylation is 1. The Bertz CT molecular complexity index is 433. The molecule has 0 saturated heterocycles. The summed E-state index contributed by atoms with van der Waals surface area (Å²) >= 11 is 0. The monoisotopic (exact) mass is 288 g/mol. The maximum Gasteiger partial charge on any atom is 0.311 e. The van der Waals surface area contributed by atoms with Gasteiger partial charge in [-0.3, -0.25) is 4.79 Å². The zero-order valence-corrected chi connectivity index (χ0v) is 13.3. The van der Waals surface area contributed by atoms with Crippen LogP contribution in [0.15, 0.2) is 24.3 Å². The van der Waals surface area contributed by atoms with Gasteiger partial charge in [0.05, 0.1) is 0 Å². The summed E-state index contributed by atoms with van der Waals surface area (Å²) in [6, 6.07) is 8.02. The minimum absolute atomic E-state index is 0.0624. The van der Waals surface area contributed by atoms with Crippen LogP contribution in [-0.2, 0) is 11.2 Å². The van der Waals surface area contributed by atoms with Crippen molar-refractivity contribution in [3.8, 4) is 5.75 Å². The maximum atomic E-state index is 12.0. The smallest absolute Gasteiger partial charge is 0.311 e. The molecule has 21 heavy (non-hydrogen) atoms. The van der Waals surface area contributed by atoms with Gasteiger partial charge in [-0.1, -0.05) is 51.2 Å². The standard InChI is InChI=1S/C19H28O2/c1-2-3-5-9-16-12-8-13-18(14-16)21-19(20)15-17-10-6-4-7-11-17/h8,12-14,17H,2-7,9-11,15H2,1H3. The van der Waals surface area contributed by atoms with E-state index in [0.29, 0.717) is 18.1 Å². The molecule has 0 bridgehead atoms. The van der Waals surface area contributed by atoms with Crippen molar-refractivity contribution in [3.63, 3.8) is 0 Å². The lowest BCUT2D eigenvalue weighted by atomic mass is 9.87. The largest absolute Gasteiger partial charge is 0.427 e. The summed E-state index contributed by atoms with van der Waals surface area (Å²) in [6.45, 7) is 2.21. The molecule has 2 heteroatoms. The molecule has 0 aromatic heterocycles. The average molecular weight is 288 g/mol. The third kappa shape index (κ3) is 5.91. The fraction of sp³-hybridized carbons (Fsp3) is 0.632. The van der Waals surface area contributed by atoms with Crippen LogP contribution < -0.4 is 4.74 Å². The molecule has 1 saturated carbocycles. The molecule has 0 radical (unpaired) electrons. The van der Waals surface area contributed by atoms with Crippen LogP contribution >= 0.6 is 0 Å². The first-order valence-corrected chi connectivity index (χ1v) is 8.57. The lowest BCUT2D eigenvalue weighted by Gasteiger charge is -2.20. The number of rotatable bonds is 7. The molecule has 1 aromatic carbocycles. The van der Waals surface area contributed by atoms with Crippen LogP contribution in [0.5, 0.6) is 5.75 Å². The molecule has 1 aromatic rings. The lowest BCUT2D eigenvalue weighted by molar-refractivity contribution is -0.135. The molecule has 0 atom stereocenters. The Morgan fingerprint density at radius 2 is 2.00 bits per heavy atom. The van der Waals surface area contributed by atoms with Crippen molar-refractivity contribution in [2.75, 3.05) is 0 Å². The van der Waals surface area contributed by atoms with Gasteiger partial charge in [-0.25, -0.2) is 0 Å². The minimum atomic E-state index is -0.0624. The molecular formula is C19H28O2. The van der Waals surface area contributed by atoms with Crippen molar-refractivity contribution in [1.82, 2.24) is 0 Å². The number of ether oxygens (including phenoxy) is 1. The lowest BCUT2D eigenvalue weighted by Crippen LogP contribution is -2.16. The number of carbonyl (C=O) groups excluding carboxylic acids is 1. The molecule has 116 valence electrons.